The number of carbonyl (C=O) groups is 1. The number of hydrogen-bond donors (Lipinski definition) is 2. The standard InChI is InChI=1S/C17H21NO3/c1-13-9-14(5-3-4-8-19)11-15(10-13)16(20)18-7-6-17(2,21)12-18/h9-11,19,21H,4,6-8,12H2,1-2H3. The molecule has 0 spiro atoms. The minimum absolute atomic E-state index is 0.0352. The monoisotopic (exact) mass is 287 g/mol. The van der Waals surface area contributed by atoms with E-state index in [0.717, 1.165) is 11.1 Å². The summed E-state index contributed by atoms with van der Waals surface area (Å²) in [7, 11) is 0. The Morgan fingerprint density at radius 1 is 1.43 bits per heavy atom. The molecule has 0 saturated carbocycles. The summed E-state index contributed by atoms with van der Waals surface area (Å²) >= 11 is 0. The number of hydrogen-bond acceptors (Lipinski definition) is 3. The number of aliphatic hydroxyl groups excluding tert-OH is 1. The van der Waals surface area contributed by atoms with Gasteiger partial charge in [0, 0.05) is 30.6 Å². The van der Waals surface area contributed by atoms with E-state index in [9.17, 15) is 9.90 Å². The molecular weight excluding hydrogens is 266 g/mol. The number of benzene rings is 1. The van der Waals surface area contributed by atoms with Crippen LogP contribution in [-0.4, -0.2) is 46.3 Å². The number of amides is 1. The van der Waals surface area contributed by atoms with Crippen LogP contribution in [0.4, 0.5) is 0 Å². The topological polar surface area (TPSA) is 60.8 Å². The summed E-state index contributed by atoms with van der Waals surface area (Å²) in [5.74, 6) is 5.75. The molecule has 4 nitrogen and oxygen atoms in total. The second-order valence-corrected chi connectivity index (χ2v) is 5.84. The molecule has 0 bridgehead atoms. The van der Waals surface area contributed by atoms with Crippen LogP contribution in [-0.2, 0) is 0 Å². The maximum atomic E-state index is 12.5. The van der Waals surface area contributed by atoms with Crippen molar-refractivity contribution in [2.75, 3.05) is 19.7 Å². The van der Waals surface area contributed by atoms with Gasteiger partial charge in [-0.2, -0.15) is 0 Å². The Kier molecular flexibility index (Phi) is 4.66. The summed E-state index contributed by atoms with van der Waals surface area (Å²) in [6.07, 6.45) is 1.03. The van der Waals surface area contributed by atoms with Crippen LogP contribution in [0, 0.1) is 18.8 Å². The van der Waals surface area contributed by atoms with Crippen molar-refractivity contribution in [1.29, 1.82) is 0 Å². The van der Waals surface area contributed by atoms with Gasteiger partial charge in [-0.05, 0) is 44.0 Å². The lowest BCUT2D eigenvalue weighted by molar-refractivity contribution is 0.0572. The molecule has 2 rings (SSSR count). The summed E-state index contributed by atoms with van der Waals surface area (Å²) in [6.45, 7) is 4.65. The van der Waals surface area contributed by atoms with Crippen LogP contribution in [0.15, 0.2) is 18.2 Å². The lowest BCUT2D eigenvalue weighted by atomic mass is 10.1. The highest BCUT2D eigenvalue weighted by Crippen LogP contribution is 2.22. The molecule has 1 heterocycles. The van der Waals surface area contributed by atoms with Crippen LogP contribution in [0.25, 0.3) is 0 Å². The van der Waals surface area contributed by atoms with Crippen LogP contribution in [0.3, 0.4) is 0 Å². The first kappa shape index (κ1) is 15.6. The van der Waals surface area contributed by atoms with Crippen molar-refractivity contribution < 1.29 is 15.0 Å². The fourth-order valence-corrected chi connectivity index (χ4v) is 2.50. The molecule has 1 unspecified atom stereocenters. The van der Waals surface area contributed by atoms with E-state index >= 15 is 0 Å². The fraction of sp³-hybridized carbons (Fsp3) is 0.471. The Balaban J connectivity index is 2.20. The highest BCUT2D eigenvalue weighted by Gasteiger charge is 2.34. The van der Waals surface area contributed by atoms with E-state index in [1.165, 1.54) is 0 Å². The fourth-order valence-electron chi connectivity index (χ4n) is 2.50. The third-order valence-electron chi connectivity index (χ3n) is 3.53. The molecule has 2 N–H and O–H groups in total. The number of β-amino-alcohol motifs (C(OH)–C–C–N with tert-alkyl or cyclic N) is 1. The van der Waals surface area contributed by atoms with E-state index in [1.54, 1.807) is 17.9 Å². The van der Waals surface area contributed by atoms with Gasteiger partial charge in [0.05, 0.1) is 12.2 Å². The maximum Gasteiger partial charge on any atom is 0.254 e. The summed E-state index contributed by atoms with van der Waals surface area (Å²) in [6, 6.07) is 5.53. The SMILES string of the molecule is Cc1cc(C#CCCO)cc(C(=O)N2CCC(C)(O)C2)c1. The van der Waals surface area contributed by atoms with Gasteiger partial charge in [-0.15, -0.1) is 0 Å². The zero-order chi connectivity index (χ0) is 15.5. The number of nitrogens with zero attached hydrogens (tertiary/aromatic N) is 1. The zero-order valence-corrected chi connectivity index (χ0v) is 12.5. The van der Waals surface area contributed by atoms with Crippen molar-refractivity contribution in [3.63, 3.8) is 0 Å². The third kappa shape index (κ3) is 4.07. The number of aryl methyl sites for hydroxylation is 1. The van der Waals surface area contributed by atoms with Crippen molar-refractivity contribution in [2.45, 2.75) is 32.3 Å². The van der Waals surface area contributed by atoms with E-state index in [-0.39, 0.29) is 12.5 Å². The highest BCUT2D eigenvalue weighted by atomic mass is 16.3. The van der Waals surface area contributed by atoms with Gasteiger partial charge in [0.25, 0.3) is 5.91 Å². The maximum absolute atomic E-state index is 12.5. The average Bonchev–Trinajstić information content (AvgIpc) is 2.78. The molecule has 112 valence electrons. The van der Waals surface area contributed by atoms with E-state index in [2.05, 4.69) is 11.8 Å². The van der Waals surface area contributed by atoms with Gasteiger partial charge in [-0.25, -0.2) is 0 Å². The Bertz CT molecular complexity index is 596. The van der Waals surface area contributed by atoms with E-state index < -0.39 is 5.60 Å². The Morgan fingerprint density at radius 3 is 2.81 bits per heavy atom. The van der Waals surface area contributed by atoms with Crippen LogP contribution in [0.5, 0.6) is 0 Å². The zero-order valence-electron chi connectivity index (χ0n) is 12.5. The Hall–Kier alpha value is -1.83. The molecule has 1 aromatic rings. The van der Waals surface area contributed by atoms with Gasteiger partial charge in [0.15, 0.2) is 0 Å². The van der Waals surface area contributed by atoms with Crippen molar-refractivity contribution in [3.05, 3.63) is 34.9 Å². The smallest absolute Gasteiger partial charge is 0.254 e. The molecule has 1 aromatic carbocycles. The summed E-state index contributed by atoms with van der Waals surface area (Å²) in [5.41, 5.74) is 1.56. The molecular formula is C17H21NO3. The Labute approximate surface area is 125 Å². The van der Waals surface area contributed by atoms with Crippen LogP contribution in [0.2, 0.25) is 0 Å². The van der Waals surface area contributed by atoms with Crippen LogP contribution >= 0.6 is 0 Å². The molecule has 1 aliphatic heterocycles. The molecule has 21 heavy (non-hydrogen) atoms. The van der Waals surface area contributed by atoms with Gasteiger partial charge < -0.3 is 15.1 Å². The third-order valence-corrected chi connectivity index (χ3v) is 3.53. The molecule has 1 aliphatic rings. The second kappa shape index (κ2) is 6.30. The van der Waals surface area contributed by atoms with E-state index in [4.69, 9.17) is 5.11 Å². The van der Waals surface area contributed by atoms with Crippen LogP contribution in [0.1, 0.15) is 41.3 Å². The van der Waals surface area contributed by atoms with Crippen molar-refractivity contribution in [3.8, 4) is 11.8 Å². The van der Waals surface area contributed by atoms with Crippen molar-refractivity contribution in [2.24, 2.45) is 0 Å². The number of likely N-dealkylation sites (tertiary alicyclic amines) is 1. The number of aliphatic hydroxyl groups is 2. The predicted octanol–water partition coefficient (Wildman–Crippen LogP) is 1.33. The van der Waals surface area contributed by atoms with Gasteiger partial charge in [-0.1, -0.05) is 11.8 Å². The largest absolute Gasteiger partial charge is 0.395 e. The summed E-state index contributed by atoms with van der Waals surface area (Å²) in [4.78, 5) is 14.2. The minimum atomic E-state index is -0.788. The molecule has 1 atom stereocenters. The van der Waals surface area contributed by atoms with E-state index in [1.807, 2.05) is 19.1 Å². The van der Waals surface area contributed by atoms with E-state index in [0.29, 0.717) is 31.5 Å². The lowest BCUT2D eigenvalue weighted by Crippen LogP contribution is -2.33. The van der Waals surface area contributed by atoms with Gasteiger partial charge >= 0.3 is 0 Å². The Morgan fingerprint density at radius 2 is 2.19 bits per heavy atom. The molecule has 0 radical (unpaired) electrons. The van der Waals surface area contributed by atoms with Crippen molar-refractivity contribution >= 4 is 5.91 Å². The molecule has 1 fully saturated rings. The average molecular weight is 287 g/mol. The molecule has 0 aromatic heterocycles. The second-order valence-electron chi connectivity index (χ2n) is 5.84. The quantitative estimate of drug-likeness (QED) is 0.807. The lowest BCUT2D eigenvalue weighted by Gasteiger charge is -2.19. The molecule has 1 saturated heterocycles. The molecule has 1 amide bonds. The first-order valence-corrected chi connectivity index (χ1v) is 7.14. The minimum Gasteiger partial charge on any atom is -0.395 e. The summed E-state index contributed by atoms with van der Waals surface area (Å²) < 4.78 is 0. The van der Waals surface area contributed by atoms with Crippen LogP contribution < -0.4 is 0 Å². The highest BCUT2D eigenvalue weighted by molar-refractivity contribution is 5.95. The normalized spacial score (nSPS) is 21.0. The summed E-state index contributed by atoms with van der Waals surface area (Å²) in [5, 5.41) is 18.7. The predicted molar refractivity (Wildman–Crippen MR) is 80.9 cm³/mol. The molecule has 0 aliphatic carbocycles. The number of rotatable bonds is 2. The molecule has 4 heteroatoms. The first-order chi connectivity index (χ1) is 9.91. The van der Waals surface area contributed by atoms with Gasteiger partial charge in [0.1, 0.15) is 0 Å². The van der Waals surface area contributed by atoms with Crippen molar-refractivity contribution in [1.82, 2.24) is 4.90 Å². The first-order valence-electron chi connectivity index (χ1n) is 7.14. The van der Waals surface area contributed by atoms with Gasteiger partial charge in [0.2, 0.25) is 0 Å². The van der Waals surface area contributed by atoms with Gasteiger partial charge in [-0.3, -0.25) is 4.79 Å². The number of carbonyl (C=O) groups excluding carboxylic acids is 1.